The number of aryl methyl sites for hydroxylation is 1. The highest BCUT2D eigenvalue weighted by molar-refractivity contribution is 7.98. The first-order valence-corrected chi connectivity index (χ1v) is 5.97. The Kier molecular flexibility index (Phi) is 3.58. The lowest BCUT2D eigenvalue weighted by Gasteiger charge is -2.00. The van der Waals surface area contributed by atoms with E-state index in [0.717, 1.165) is 5.56 Å². The van der Waals surface area contributed by atoms with Crippen molar-refractivity contribution >= 4 is 11.8 Å². The lowest BCUT2D eigenvalue weighted by atomic mass is 10.2. The van der Waals surface area contributed by atoms with Crippen LogP contribution in [-0.2, 0) is 12.3 Å². The molecule has 0 bridgehead atoms. The molecular formula is C11H13N3OS. The molecule has 0 aliphatic heterocycles. The molecule has 0 amide bonds. The predicted octanol–water partition coefficient (Wildman–Crippen LogP) is 2.13. The van der Waals surface area contributed by atoms with Gasteiger partial charge in [-0.15, -0.1) is 11.8 Å². The smallest absolute Gasteiger partial charge is 0.236 e. The Bertz CT molecular complexity index is 453. The van der Waals surface area contributed by atoms with Crippen molar-refractivity contribution in [3.05, 3.63) is 41.5 Å². The van der Waals surface area contributed by atoms with Crippen LogP contribution in [0.4, 0.5) is 0 Å². The number of rotatable bonds is 4. The van der Waals surface area contributed by atoms with E-state index in [1.54, 1.807) is 11.8 Å². The van der Waals surface area contributed by atoms with Gasteiger partial charge in [-0.05, 0) is 24.6 Å². The monoisotopic (exact) mass is 235 g/mol. The minimum atomic E-state index is 0.577. The van der Waals surface area contributed by atoms with E-state index in [1.807, 2.05) is 19.1 Å². The van der Waals surface area contributed by atoms with Crippen molar-refractivity contribution in [2.24, 2.45) is 5.73 Å². The molecule has 2 aromatic rings. The highest BCUT2D eigenvalue weighted by atomic mass is 32.2. The predicted molar refractivity (Wildman–Crippen MR) is 62.9 cm³/mol. The van der Waals surface area contributed by atoms with Gasteiger partial charge in [0.15, 0.2) is 5.82 Å². The van der Waals surface area contributed by atoms with Crippen molar-refractivity contribution in [3.63, 3.8) is 0 Å². The molecule has 0 saturated heterocycles. The lowest BCUT2D eigenvalue weighted by Crippen LogP contribution is -1.94. The summed E-state index contributed by atoms with van der Waals surface area (Å²) in [5, 5.41) is 3.74. The van der Waals surface area contributed by atoms with E-state index >= 15 is 0 Å². The van der Waals surface area contributed by atoms with Gasteiger partial charge in [-0.25, -0.2) is 0 Å². The average Bonchev–Trinajstić information content (AvgIpc) is 2.73. The Balaban J connectivity index is 1.94. The van der Waals surface area contributed by atoms with E-state index in [1.165, 1.54) is 4.90 Å². The lowest BCUT2D eigenvalue weighted by molar-refractivity contribution is 0.387. The third-order valence-corrected chi connectivity index (χ3v) is 3.09. The molecule has 0 aliphatic carbocycles. The molecule has 16 heavy (non-hydrogen) atoms. The van der Waals surface area contributed by atoms with Gasteiger partial charge in [0.25, 0.3) is 0 Å². The molecule has 4 nitrogen and oxygen atoms in total. The summed E-state index contributed by atoms with van der Waals surface area (Å²) in [6.07, 6.45) is 0. The topological polar surface area (TPSA) is 64.9 Å². The van der Waals surface area contributed by atoms with Gasteiger partial charge in [-0.2, -0.15) is 4.98 Å². The van der Waals surface area contributed by atoms with Crippen LogP contribution in [0.5, 0.6) is 0 Å². The van der Waals surface area contributed by atoms with Crippen LogP contribution in [0.25, 0.3) is 0 Å². The van der Waals surface area contributed by atoms with E-state index in [2.05, 4.69) is 22.3 Å². The van der Waals surface area contributed by atoms with Crippen LogP contribution >= 0.6 is 11.8 Å². The molecule has 84 valence electrons. The largest absolute Gasteiger partial charge is 0.338 e. The first-order chi connectivity index (χ1) is 7.78. The van der Waals surface area contributed by atoms with E-state index in [9.17, 15) is 0 Å². The van der Waals surface area contributed by atoms with Gasteiger partial charge in [-0.1, -0.05) is 17.3 Å². The summed E-state index contributed by atoms with van der Waals surface area (Å²) >= 11 is 1.67. The molecule has 0 spiro atoms. The summed E-state index contributed by atoms with van der Waals surface area (Å²) in [6.45, 7) is 2.39. The Morgan fingerprint density at radius 2 is 2.06 bits per heavy atom. The van der Waals surface area contributed by atoms with Crippen molar-refractivity contribution < 1.29 is 4.52 Å². The standard InChI is InChI=1S/C11H13N3OS/c1-8-13-11(15-14-8)7-16-10-4-2-9(6-12)3-5-10/h2-5H,6-7,12H2,1H3. The molecular weight excluding hydrogens is 222 g/mol. The van der Waals surface area contributed by atoms with Crippen LogP contribution in [0.3, 0.4) is 0 Å². The summed E-state index contributed by atoms with van der Waals surface area (Å²) in [5.41, 5.74) is 6.66. The van der Waals surface area contributed by atoms with Gasteiger partial charge in [0, 0.05) is 11.4 Å². The Morgan fingerprint density at radius 3 is 2.62 bits per heavy atom. The zero-order valence-corrected chi connectivity index (χ0v) is 9.83. The maximum Gasteiger partial charge on any atom is 0.236 e. The number of hydrogen-bond donors (Lipinski definition) is 1. The summed E-state index contributed by atoms with van der Waals surface area (Å²) in [5.74, 6) is 2.03. The maximum absolute atomic E-state index is 5.53. The number of thioether (sulfide) groups is 1. The molecule has 0 radical (unpaired) electrons. The van der Waals surface area contributed by atoms with Crippen LogP contribution in [0.1, 0.15) is 17.3 Å². The number of nitrogens with two attached hydrogens (primary N) is 1. The second kappa shape index (κ2) is 5.14. The molecule has 1 aromatic carbocycles. The Labute approximate surface area is 98.2 Å². The second-order valence-electron chi connectivity index (χ2n) is 3.37. The van der Waals surface area contributed by atoms with Crippen molar-refractivity contribution in [2.75, 3.05) is 0 Å². The summed E-state index contributed by atoms with van der Waals surface area (Å²) in [6, 6.07) is 8.16. The van der Waals surface area contributed by atoms with E-state index in [4.69, 9.17) is 10.3 Å². The number of hydrogen-bond acceptors (Lipinski definition) is 5. The van der Waals surface area contributed by atoms with Crippen molar-refractivity contribution in [1.82, 2.24) is 10.1 Å². The van der Waals surface area contributed by atoms with E-state index in [0.29, 0.717) is 24.0 Å². The number of aromatic nitrogens is 2. The number of nitrogens with zero attached hydrogens (tertiary/aromatic N) is 2. The van der Waals surface area contributed by atoms with Crippen molar-refractivity contribution in [2.45, 2.75) is 24.1 Å². The number of benzene rings is 1. The zero-order valence-electron chi connectivity index (χ0n) is 9.01. The molecule has 0 aliphatic rings. The molecule has 0 saturated carbocycles. The Hall–Kier alpha value is -1.33. The fourth-order valence-corrected chi connectivity index (χ4v) is 2.00. The maximum atomic E-state index is 5.53. The molecule has 1 aromatic heterocycles. The van der Waals surface area contributed by atoms with Crippen LogP contribution in [0.15, 0.2) is 33.7 Å². The quantitative estimate of drug-likeness (QED) is 0.822. The molecule has 2 rings (SSSR count). The van der Waals surface area contributed by atoms with Gasteiger partial charge < -0.3 is 10.3 Å². The summed E-state index contributed by atoms with van der Waals surface area (Å²) in [7, 11) is 0. The molecule has 2 N–H and O–H groups in total. The molecule has 1 heterocycles. The highest BCUT2D eigenvalue weighted by Crippen LogP contribution is 2.22. The van der Waals surface area contributed by atoms with Gasteiger partial charge in [0.05, 0.1) is 5.75 Å². The summed E-state index contributed by atoms with van der Waals surface area (Å²) in [4.78, 5) is 5.31. The molecule has 5 heteroatoms. The zero-order chi connectivity index (χ0) is 11.4. The molecule has 0 fully saturated rings. The van der Waals surface area contributed by atoms with E-state index < -0.39 is 0 Å². The van der Waals surface area contributed by atoms with Crippen LogP contribution < -0.4 is 5.73 Å². The SMILES string of the molecule is Cc1noc(CSc2ccc(CN)cc2)n1. The first kappa shape index (κ1) is 11.2. The minimum absolute atomic E-state index is 0.577. The van der Waals surface area contributed by atoms with E-state index in [-0.39, 0.29) is 0 Å². The van der Waals surface area contributed by atoms with Gasteiger partial charge >= 0.3 is 0 Å². The highest BCUT2D eigenvalue weighted by Gasteiger charge is 2.03. The van der Waals surface area contributed by atoms with Crippen LogP contribution in [0.2, 0.25) is 0 Å². The molecule has 0 unspecified atom stereocenters. The minimum Gasteiger partial charge on any atom is -0.338 e. The Morgan fingerprint density at radius 1 is 1.31 bits per heavy atom. The third-order valence-electron chi connectivity index (χ3n) is 2.09. The normalized spacial score (nSPS) is 10.6. The molecule has 0 atom stereocenters. The van der Waals surface area contributed by atoms with Gasteiger partial charge in [0.2, 0.25) is 5.89 Å². The third kappa shape index (κ3) is 2.84. The fourth-order valence-electron chi connectivity index (χ4n) is 1.27. The van der Waals surface area contributed by atoms with Crippen LogP contribution in [0, 0.1) is 6.92 Å². The van der Waals surface area contributed by atoms with Crippen molar-refractivity contribution in [3.8, 4) is 0 Å². The fraction of sp³-hybridized carbons (Fsp3) is 0.273. The van der Waals surface area contributed by atoms with Crippen LogP contribution in [-0.4, -0.2) is 10.1 Å². The van der Waals surface area contributed by atoms with Gasteiger partial charge in [-0.3, -0.25) is 0 Å². The summed E-state index contributed by atoms with van der Waals surface area (Å²) < 4.78 is 5.03. The van der Waals surface area contributed by atoms with Crippen molar-refractivity contribution in [1.29, 1.82) is 0 Å². The average molecular weight is 235 g/mol. The second-order valence-corrected chi connectivity index (χ2v) is 4.42. The van der Waals surface area contributed by atoms with Gasteiger partial charge in [0.1, 0.15) is 0 Å². The first-order valence-electron chi connectivity index (χ1n) is 4.99.